The quantitative estimate of drug-likeness (QED) is 0.735. The van der Waals surface area contributed by atoms with Gasteiger partial charge in [0.15, 0.2) is 5.82 Å². The molecule has 1 aromatic carbocycles. The normalized spacial score (nSPS) is 12.8. The number of aromatic nitrogens is 2. The maximum absolute atomic E-state index is 13.2. The van der Waals surface area contributed by atoms with E-state index in [-0.39, 0.29) is 18.4 Å². The van der Waals surface area contributed by atoms with E-state index >= 15 is 0 Å². The van der Waals surface area contributed by atoms with E-state index in [1.807, 2.05) is 0 Å². The van der Waals surface area contributed by atoms with Crippen molar-refractivity contribution in [2.75, 3.05) is 0 Å². The predicted molar refractivity (Wildman–Crippen MR) is 82.8 cm³/mol. The minimum absolute atomic E-state index is 0.0296. The van der Waals surface area contributed by atoms with Gasteiger partial charge >= 0.3 is 18.4 Å². The summed E-state index contributed by atoms with van der Waals surface area (Å²) in [6.45, 7) is 4.56. The number of alkyl halides is 6. The predicted octanol–water partition coefficient (Wildman–Crippen LogP) is 4.80. The van der Waals surface area contributed by atoms with Crippen LogP contribution in [0.4, 0.5) is 31.1 Å². The molecule has 28 heavy (non-hydrogen) atoms. The number of halogens is 6. The third-order valence-electron chi connectivity index (χ3n) is 3.14. The molecular formula is C16H15F6N3O3. The fourth-order valence-electron chi connectivity index (χ4n) is 2.04. The van der Waals surface area contributed by atoms with Crippen LogP contribution in [0.15, 0.2) is 22.7 Å². The summed E-state index contributed by atoms with van der Waals surface area (Å²) >= 11 is 0. The number of rotatable bonds is 3. The fourth-order valence-corrected chi connectivity index (χ4v) is 2.04. The number of hydrogen-bond donors (Lipinski definition) is 1. The lowest BCUT2D eigenvalue weighted by molar-refractivity contribution is -0.142. The summed E-state index contributed by atoms with van der Waals surface area (Å²) in [7, 11) is 0. The fraction of sp³-hybridized carbons (Fsp3) is 0.438. The van der Waals surface area contributed by atoms with E-state index < -0.39 is 46.6 Å². The van der Waals surface area contributed by atoms with Crippen molar-refractivity contribution >= 4 is 6.09 Å². The summed E-state index contributed by atoms with van der Waals surface area (Å²) in [6, 6.07) is 1.05. The van der Waals surface area contributed by atoms with Gasteiger partial charge in [-0.25, -0.2) is 4.79 Å². The summed E-state index contributed by atoms with van der Waals surface area (Å²) in [4.78, 5) is 15.2. The lowest BCUT2D eigenvalue weighted by Gasteiger charge is -2.19. The van der Waals surface area contributed by atoms with Crippen LogP contribution in [0, 0.1) is 0 Å². The van der Waals surface area contributed by atoms with Gasteiger partial charge in [0.05, 0.1) is 23.2 Å². The molecule has 1 amide bonds. The van der Waals surface area contributed by atoms with Crippen LogP contribution in [-0.2, 0) is 23.6 Å². The standard InChI is InChI=1S/C16H15F6N3O3/c1-14(2,3)27-13(26)23-7-11-24-12(28-25-11)9-5-4-8(15(17,18)19)6-10(9)16(20,21)22/h4-6H,7H2,1-3H3,(H,23,26). The molecule has 154 valence electrons. The minimum Gasteiger partial charge on any atom is -0.444 e. The largest absolute Gasteiger partial charge is 0.444 e. The number of benzene rings is 1. The van der Waals surface area contributed by atoms with E-state index in [4.69, 9.17) is 9.26 Å². The van der Waals surface area contributed by atoms with Gasteiger partial charge in [-0.05, 0) is 39.0 Å². The smallest absolute Gasteiger partial charge is 0.417 e. The molecule has 0 unspecified atom stereocenters. The molecule has 0 saturated heterocycles. The molecule has 0 atom stereocenters. The zero-order valence-electron chi connectivity index (χ0n) is 14.8. The van der Waals surface area contributed by atoms with Crippen LogP contribution >= 0.6 is 0 Å². The number of alkyl carbamates (subject to hydrolysis) is 1. The Balaban J connectivity index is 2.26. The first-order chi connectivity index (χ1) is 12.7. The van der Waals surface area contributed by atoms with Gasteiger partial charge in [0.25, 0.3) is 5.89 Å². The molecule has 1 N–H and O–H groups in total. The summed E-state index contributed by atoms with van der Waals surface area (Å²) in [6.07, 6.45) is -10.8. The number of carbonyl (C=O) groups is 1. The average Bonchev–Trinajstić information content (AvgIpc) is 2.98. The van der Waals surface area contributed by atoms with Crippen LogP contribution in [0.2, 0.25) is 0 Å². The summed E-state index contributed by atoms with van der Waals surface area (Å²) in [5.41, 5.74) is -4.52. The molecular weight excluding hydrogens is 396 g/mol. The molecule has 2 rings (SSSR count). The van der Waals surface area contributed by atoms with Gasteiger partial charge < -0.3 is 14.6 Å². The molecule has 1 heterocycles. The second-order valence-corrected chi connectivity index (χ2v) is 6.63. The molecule has 2 aromatic rings. The molecule has 0 saturated carbocycles. The molecule has 0 aliphatic carbocycles. The lowest BCUT2D eigenvalue weighted by atomic mass is 10.0. The van der Waals surface area contributed by atoms with E-state index in [1.165, 1.54) is 0 Å². The number of nitrogens with zero attached hydrogens (tertiary/aromatic N) is 2. The van der Waals surface area contributed by atoms with Crippen molar-refractivity contribution in [2.45, 2.75) is 45.3 Å². The Bertz CT molecular complexity index is 853. The van der Waals surface area contributed by atoms with Crippen LogP contribution in [0.3, 0.4) is 0 Å². The molecule has 0 aliphatic rings. The first kappa shape index (κ1) is 21.5. The first-order valence-electron chi connectivity index (χ1n) is 7.75. The Labute approximate surface area is 154 Å². The zero-order valence-corrected chi connectivity index (χ0v) is 14.8. The van der Waals surface area contributed by atoms with Gasteiger partial charge in [-0.2, -0.15) is 31.3 Å². The lowest BCUT2D eigenvalue weighted by Crippen LogP contribution is -2.32. The second-order valence-electron chi connectivity index (χ2n) is 6.63. The van der Waals surface area contributed by atoms with Crippen LogP contribution in [0.5, 0.6) is 0 Å². The topological polar surface area (TPSA) is 77.2 Å². The Hall–Kier alpha value is -2.79. The van der Waals surface area contributed by atoms with Crippen LogP contribution in [-0.4, -0.2) is 21.8 Å². The molecule has 1 aromatic heterocycles. The van der Waals surface area contributed by atoms with Crippen molar-refractivity contribution in [1.82, 2.24) is 15.5 Å². The second kappa shape index (κ2) is 7.32. The maximum Gasteiger partial charge on any atom is 0.417 e. The third kappa shape index (κ3) is 5.60. The van der Waals surface area contributed by atoms with Crippen LogP contribution < -0.4 is 5.32 Å². The highest BCUT2D eigenvalue weighted by molar-refractivity contribution is 5.67. The molecule has 0 radical (unpaired) electrons. The van der Waals surface area contributed by atoms with Gasteiger partial charge in [0.1, 0.15) is 5.60 Å². The van der Waals surface area contributed by atoms with Gasteiger partial charge in [-0.3, -0.25) is 0 Å². The maximum atomic E-state index is 13.2. The SMILES string of the molecule is CC(C)(C)OC(=O)NCc1noc(-c2ccc(C(F)(F)F)cc2C(F)(F)F)n1. The molecule has 0 spiro atoms. The summed E-state index contributed by atoms with van der Waals surface area (Å²) < 4.78 is 87.4. The Morgan fingerprint density at radius 1 is 1.11 bits per heavy atom. The Morgan fingerprint density at radius 3 is 2.29 bits per heavy atom. The highest BCUT2D eigenvalue weighted by atomic mass is 19.4. The van der Waals surface area contributed by atoms with Crippen molar-refractivity contribution < 1.29 is 40.4 Å². The van der Waals surface area contributed by atoms with E-state index in [1.54, 1.807) is 20.8 Å². The monoisotopic (exact) mass is 411 g/mol. The van der Waals surface area contributed by atoms with Crippen molar-refractivity contribution in [1.29, 1.82) is 0 Å². The van der Waals surface area contributed by atoms with E-state index in [0.29, 0.717) is 12.1 Å². The Kier molecular flexibility index (Phi) is 5.62. The number of nitrogens with one attached hydrogen (secondary N) is 1. The number of carbonyl (C=O) groups excluding carboxylic acids is 1. The highest BCUT2D eigenvalue weighted by Gasteiger charge is 2.39. The Morgan fingerprint density at radius 2 is 1.75 bits per heavy atom. The minimum atomic E-state index is -5.08. The van der Waals surface area contributed by atoms with E-state index in [0.717, 1.165) is 0 Å². The van der Waals surface area contributed by atoms with E-state index in [2.05, 4.69) is 15.5 Å². The molecule has 0 bridgehead atoms. The number of amides is 1. The molecule has 0 fully saturated rings. The average molecular weight is 411 g/mol. The molecule has 6 nitrogen and oxygen atoms in total. The first-order valence-corrected chi connectivity index (χ1v) is 7.75. The zero-order chi connectivity index (χ0) is 21.3. The highest BCUT2D eigenvalue weighted by Crippen LogP contribution is 2.40. The van der Waals surface area contributed by atoms with Crippen molar-refractivity contribution in [3.63, 3.8) is 0 Å². The number of ether oxygens (including phenoxy) is 1. The summed E-state index contributed by atoms with van der Waals surface area (Å²) in [5.74, 6) is -0.823. The van der Waals surface area contributed by atoms with E-state index in [9.17, 15) is 31.1 Å². The summed E-state index contributed by atoms with van der Waals surface area (Å²) in [5, 5.41) is 5.69. The van der Waals surface area contributed by atoms with Crippen molar-refractivity contribution in [2.24, 2.45) is 0 Å². The number of hydrogen-bond acceptors (Lipinski definition) is 5. The van der Waals surface area contributed by atoms with Gasteiger partial charge in [-0.1, -0.05) is 5.16 Å². The molecule has 12 heteroatoms. The van der Waals surface area contributed by atoms with Crippen molar-refractivity contribution in [3.05, 3.63) is 35.2 Å². The van der Waals surface area contributed by atoms with Crippen LogP contribution in [0.25, 0.3) is 11.5 Å². The van der Waals surface area contributed by atoms with Crippen LogP contribution in [0.1, 0.15) is 37.7 Å². The van der Waals surface area contributed by atoms with Crippen molar-refractivity contribution in [3.8, 4) is 11.5 Å². The third-order valence-corrected chi connectivity index (χ3v) is 3.14. The van der Waals surface area contributed by atoms with Gasteiger partial charge in [-0.15, -0.1) is 0 Å². The van der Waals surface area contributed by atoms with Gasteiger partial charge in [0.2, 0.25) is 0 Å². The van der Waals surface area contributed by atoms with Gasteiger partial charge in [0, 0.05) is 0 Å². The molecule has 0 aliphatic heterocycles.